The van der Waals surface area contributed by atoms with Crippen molar-refractivity contribution >= 4 is 34.7 Å². The number of rotatable bonds is 8. The molecule has 2 aromatic heterocycles. The van der Waals surface area contributed by atoms with Crippen molar-refractivity contribution in [1.82, 2.24) is 4.57 Å². The molecule has 0 aliphatic carbocycles. The third-order valence-corrected chi connectivity index (χ3v) is 8.76. The highest BCUT2D eigenvalue weighted by molar-refractivity contribution is 7.07. The molecule has 0 radical (unpaired) electrons. The van der Waals surface area contributed by atoms with Gasteiger partial charge in [0.15, 0.2) is 4.80 Å². The molecule has 1 N–H and O–H groups in total. The number of methoxy groups -OCH3 is 1. The van der Waals surface area contributed by atoms with Crippen LogP contribution in [0.2, 0.25) is 0 Å². The Bertz CT molecular complexity index is 2180. The minimum atomic E-state index is -0.708. The number of fused-ring (bicyclic) bond motifs is 1. The Kier molecular flexibility index (Phi) is 8.25. The molecule has 0 fully saturated rings. The number of anilines is 1. The summed E-state index contributed by atoms with van der Waals surface area (Å²) in [4.78, 5) is 43.8. The van der Waals surface area contributed by atoms with Crippen molar-refractivity contribution < 1.29 is 18.9 Å². The van der Waals surface area contributed by atoms with Crippen LogP contribution in [-0.4, -0.2) is 22.5 Å². The summed E-state index contributed by atoms with van der Waals surface area (Å²) in [7, 11) is 1.43. The fourth-order valence-electron chi connectivity index (χ4n) is 5.41. The maximum Gasteiger partial charge on any atom is 0.273 e. The number of non-ortho nitro benzene ring substituents is 1. The maximum absolute atomic E-state index is 14.1. The SMILES string of the molecule is COc1cc([N+](=O)[O-])ccc1-c1ccc(/C=c2\sc3n(c2=O)C(c2ccc(C(C)C)cc2)C(C(=O)Nc2ccccc2)=C(C)N=3)o1. The first kappa shape index (κ1) is 30.5. The largest absolute Gasteiger partial charge is 0.496 e. The lowest BCUT2D eigenvalue weighted by molar-refractivity contribution is -0.384. The monoisotopic (exact) mass is 634 g/mol. The zero-order valence-corrected chi connectivity index (χ0v) is 26.3. The first-order valence-corrected chi connectivity index (χ1v) is 15.4. The number of nitro benzene ring substituents is 1. The number of nitrogens with zero attached hydrogens (tertiary/aromatic N) is 3. The second-order valence-corrected chi connectivity index (χ2v) is 12.1. The number of aromatic nitrogens is 1. The van der Waals surface area contributed by atoms with Crippen LogP contribution < -0.4 is 24.9 Å². The van der Waals surface area contributed by atoms with E-state index in [-0.39, 0.29) is 22.9 Å². The van der Waals surface area contributed by atoms with Crippen molar-refractivity contribution in [3.63, 3.8) is 0 Å². The van der Waals surface area contributed by atoms with Gasteiger partial charge in [0.25, 0.3) is 17.2 Å². The number of amides is 1. The van der Waals surface area contributed by atoms with Crippen LogP contribution in [0.4, 0.5) is 11.4 Å². The molecule has 46 heavy (non-hydrogen) atoms. The predicted octanol–water partition coefficient (Wildman–Crippen LogP) is 6.17. The van der Waals surface area contributed by atoms with Crippen LogP contribution in [0.3, 0.4) is 0 Å². The normalized spacial score (nSPS) is 14.6. The van der Waals surface area contributed by atoms with Gasteiger partial charge >= 0.3 is 0 Å². The molecule has 3 heterocycles. The fourth-order valence-corrected chi connectivity index (χ4v) is 6.44. The number of ether oxygens (including phenoxy) is 1. The highest BCUT2D eigenvalue weighted by Crippen LogP contribution is 2.35. The van der Waals surface area contributed by atoms with Gasteiger partial charge in [-0.1, -0.05) is 67.6 Å². The van der Waals surface area contributed by atoms with E-state index in [1.54, 1.807) is 47.9 Å². The van der Waals surface area contributed by atoms with Crippen LogP contribution in [0.25, 0.3) is 17.4 Å². The van der Waals surface area contributed by atoms with Crippen molar-refractivity contribution in [3.8, 4) is 17.1 Å². The summed E-state index contributed by atoms with van der Waals surface area (Å²) >= 11 is 1.21. The molecule has 6 rings (SSSR count). The van der Waals surface area contributed by atoms with Gasteiger partial charge in [-0.2, -0.15) is 0 Å². The number of furan rings is 1. The fraction of sp³-hybridized carbons (Fsp3) is 0.171. The number of thiazole rings is 1. The van der Waals surface area contributed by atoms with Gasteiger partial charge < -0.3 is 14.5 Å². The lowest BCUT2D eigenvalue weighted by Gasteiger charge is -2.25. The Labute approximate surface area is 267 Å². The number of nitrogens with one attached hydrogen (secondary N) is 1. The molecule has 0 saturated carbocycles. The Morgan fingerprint density at radius 3 is 2.50 bits per heavy atom. The second-order valence-electron chi connectivity index (χ2n) is 11.1. The van der Waals surface area contributed by atoms with Gasteiger partial charge in [-0.3, -0.25) is 24.3 Å². The van der Waals surface area contributed by atoms with Crippen LogP contribution in [0.15, 0.2) is 110 Å². The van der Waals surface area contributed by atoms with Crippen molar-refractivity contribution in [1.29, 1.82) is 0 Å². The second kappa shape index (κ2) is 12.4. The molecule has 1 amide bonds. The first-order chi connectivity index (χ1) is 22.1. The molecule has 10 nitrogen and oxygen atoms in total. The number of allylic oxidation sites excluding steroid dienone is 1. The van der Waals surface area contributed by atoms with E-state index in [0.29, 0.717) is 49.3 Å². The van der Waals surface area contributed by atoms with E-state index < -0.39 is 11.0 Å². The Morgan fingerprint density at radius 1 is 1.09 bits per heavy atom. The smallest absolute Gasteiger partial charge is 0.273 e. The topological polar surface area (TPSA) is 129 Å². The third kappa shape index (κ3) is 5.80. The van der Waals surface area contributed by atoms with Crippen LogP contribution in [0.5, 0.6) is 5.75 Å². The van der Waals surface area contributed by atoms with Crippen LogP contribution in [0, 0.1) is 10.1 Å². The molecule has 232 valence electrons. The number of benzene rings is 3. The number of para-hydroxylation sites is 1. The van der Waals surface area contributed by atoms with Crippen LogP contribution in [-0.2, 0) is 4.79 Å². The quantitative estimate of drug-likeness (QED) is 0.161. The van der Waals surface area contributed by atoms with Crippen molar-refractivity contribution in [2.45, 2.75) is 32.7 Å². The third-order valence-electron chi connectivity index (χ3n) is 7.78. The van der Waals surface area contributed by atoms with Crippen molar-refractivity contribution in [2.75, 3.05) is 12.4 Å². The maximum atomic E-state index is 14.1. The van der Waals surface area contributed by atoms with Gasteiger partial charge in [0, 0.05) is 17.8 Å². The summed E-state index contributed by atoms with van der Waals surface area (Å²) < 4.78 is 13.4. The highest BCUT2D eigenvalue weighted by atomic mass is 32.1. The first-order valence-electron chi connectivity index (χ1n) is 14.6. The zero-order chi connectivity index (χ0) is 32.5. The zero-order valence-electron chi connectivity index (χ0n) is 25.5. The highest BCUT2D eigenvalue weighted by Gasteiger charge is 2.32. The van der Waals surface area contributed by atoms with E-state index in [2.05, 4.69) is 19.2 Å². The van der Waals surface area contributed by atoms with E-state index in [9.17, 15) is 19.7 Å². The van der Waals surface area contributed by atoms with Gasteiger partial charge in [0.05, 0.1) is 45.5 Å². The molecular formula is C35H30N4O6S. The Hall–Kier alpha value is -5.55. The molecule has 11 heteroatoms. The number of nitro groups is 1. The molecule has 1 aliphatic heterocycles. The summed E-state index contributed by atoms with van der Waals surface area (Å²) in [5.74, 6) is 1.08. The minimum absolute atomic E-state index is 0.103. The summed E-state index contributed by atoms with van der Waals surface area (Å²) in [6.07, 6.45) is 1.63. The van der Waals surface area contributed by atoms with E-state index in [4.69, 9.17) is 14.1 Å². The lowest BCUT2D eigenvalue weighted by Crippen LogP contribution is -2.40. The standard InChI is InChI=1S/C35H30N4O6S/c1-20(2)22-10-12-23(13-11-22)32-31(33(40)37-24-8-6-5-7-9-24)21(3)36-35-38(32)34(41)30(46-35)19-26-15-17-28(45-26)27-16-14-25(39(42)43)18-29(27)44-4/h5-20,32H,1-4H3,(H,37,40)/b30-19-. The summed E-state index contributed by atoms with van der Waals surface area (Å²) in [6, 6.07) is 24.1. The molecule has 0 bridgehead atoms. The molecule has 1 atom stereocenters. The van der Waals surface area contributed by atoms with E-state index in [1.165, 1.54) is 30.6 Å². The molecule has 1 aliphatic rings. The number of carbonyl (C=O) groups is 1. The number of hydrogen-bond acceptors (Lipinski definition) is 8. The molecule has 5 aromatic rings. The molecule has 1 unspecified atom stereocenters. The van der Waals surface area contributed by atoms with Gasteiger partial charge in [-0.05, 0) is 54.3 Å². The minimum Gasteiger partial charge on any atom is -0.496 e. The summed E-state index contributed by atoms with van der Waals surface area (Å²) in [5, 5.41) is 14.2. The summed E-state index contributed by atoms with van der Waals surface area (Å²) in [6.45, 7) is 6.00. The van der Waals surface area contributed by atoms with Gasteiger partial charge in [-0.15, -0.1) is 0 Å². The Morgan fingerprint density at radius 2 is 1.83 bits per heavy atom. The number of hydrogen-bond donors (Lipinski definition) is 1. The van der Waals surface area contributed by atoms with Gasteiger partial charge in [0.2, 0.25) is 0 Å². The van der Waals surface area contributed by atoms with E-state index in [1.807, 2.05) is 42.5 Å². The average Bonchev–Trinajstić information content (AvgIpc) is 3.64. The lowest BCUT2D eigenvalue weighted by atomic mass is 9.93. The van der Waals surface area contributed by atoms with E-state index in [0.717, 1.165) is 11.1 Å². The average molecular weight is 635 g/mol. The van der Waals surface area contributed by atoms with E-state index >= 15 is 0 Å². The van der Waals surface area contributed by atoms with Gasteiger partial charge in [-0.25, -0.2) is 4.99 Å². The van der Waals surface area contributed by atoms with Crippen LogP contribution in [0.1, 0.15) is 49.6 Å². The van der Waals surface area contributed by atoms with Crippen molar-refractivity contribution in [3.05, 3.63) is 143 Å². The molecule has 0 spiro atoms. The predicted molar refractivity (Wildman–Crippen MR) is 177 cm³/mol. The molecule has 3 aromatic carbocycles. The van der Waals surface area contributed by atoms with Gasteiger partial charge in [0.1, 0.15) is 17.3 Å². The Balaban J connectivity index is 1.43. The van der Waals surface area contributed by atoms with Crippen molar-refractivity contribution in [2.24, 2.45) is 4.99 Å². The number of carbonyl (C=O) groups excluding carboxylic acids is 1. The summed E-state index contributed by atoms with van der Waals surface area (Å²) in [5.41, 5.74) is 3.58. The molecular weight excluding hydrogens is 604 g/mol. The molecule has 0 saturated heterocycles. The van der Waals surface area contributed by atoms with Crippen LogP contribution >= 0.6 is 11.3 Å².